The fourth-order valence-electron chi connectivity index (χ4n) is 2.78. The van der Waals surface area contributed by atoms with Gasteiger partial charge in [-0.2, -0.15) is 0 Å². The van der Waals surface area contributed by atoms with E-state index in [1.165, 1.54) is 0 Å². The second-order valence-corrected chi connectivity index (χ2v) is 5.43. The predicted octanol–water partition coefficient (Wildman–Crippen LogP) is 3.41. The van der Waals surface area contributed by atoms with Crippen LogP contribution in [0.3, 0.4) is 0 Å². The van der Waals surface area contributed by atoms with Gasteiger partial charge >= 0.3 is 5.97 Å². The van der Waals surface area contributed by atoms with Crippen LogP contribution in [0.15, 0.2) is 48.5 Å². The molecule has 0 atom stereocenters. The summed E-state index contributed by atoms with van der Waals surface area (Å²) in [6.45, 7) is 3.14. The van der Waals surface area contributed by atoms with Crippen LogP contribution in [0.2, 0.25) is 0 Å². The molecule has 124 valence electrons. The molecule has 0 aliphatic heterocycles. The number of carbonyl (C=O) groups is 1. The molecule has 0 unspecified atom stereocenters. The van der Waals surface area contributed by atoms with Crippen molar-refractivity contribution < 1.29 is 14.3 Å². The SMILES string of the molecule is CCOC(=O)c1cccc2nc(COC)n(Cc3ccccc3)c12. The molecule has 1 aromatic heterocycles. The summed E-state index contributed by atoms with van der Waals surface area (Å²) < 4.78 is 12.5. The number of hydrogen-bond acceptors (Lipinski definition) is 4. The summed E-state index contributed by atoms with van der Waals surface area (Å²) in [4.78, 5) is 17.0. The molecule has 0 aliphatic rings. The Bertz CT molecular complexity index is 840. The zero-order valence-corrected chi connectivity index (χ0v) is 13.9. The number of methoxy groups -OCH3 is 1. The van der Waals surface area contributed by atoms with Crippen molar-refractivity contribution >= 4 is 17.0 Å². The number of ether oxygens (including phenoxy) is 2. The third-order valence-electron chi connectivity index (χ3n) is 3.80. The van der Waals surface area contributed by atoms with Gasteiger partial charge in [0.05, 0.1) is 23.2 Å². The quantitative estimate of drug-likeness (QED) is 0.652. The minimum atomic E-state index is -0.332. The van der Waals surface area contributed by atoms with E-state index < -0.39 is 0 Å². The molecule has 0 radical (unpaired) electrons. The van der Waals surface area contributed by atoms with Crippen molar-refractivity contribution in [3.8, 4) is 0 Å². The molecule has 3 aromatic rings. The van der Waals surface area contributed by atoms with Crippen LogP contribution in [0.25, 0.3) is 11.0 Å². The standard InChI is InChI=1S/C19H20N2O3/c1-3-24-19(22)15-10-7-11-16-18(15)21(17(20-16)13-23-2)12-14-8-5-4-6-9-14/h4-11H,3,12-13H2,1-2H3. The first-order valence-electron chi connectivity index (χ1n) is 7.92. The average Bonchev–Trinajstić information content (AvgIpc) is 2.94. The van der Waals surface area contributed by atoms with Crippen LogP contribution in [0.1, 0.15) is 28.7 Å². The highest BCUT2D eigenvalue weighted by Gasteiger charge is 2.19. The third kappa shape index (κ3) is 3.16. The summed E-state index contributed by atoms with van der Waals surface area (Å²) in [5.74, 6) is 0.453. The maximum Gasteiger partial charge on any atom is 0.340 e. The second kappa shape index (κ2) is 7.27. The molecule has 0 N–H and O–H groups in total. The van der Waals surface area contributed by atoms with Crippen LogP contribution in [-0.2, 0) is 22.6 Å². The van der Waals surface area contributed by atoms with E-state index in [4.69, 9.17) is 9.47 Å². The van der Waals surface area contributed by atoms with Crippen LogP contribution in [-0.4, -0.2) is 29.2 Å². The lowest BCUT2D eigenvalue weighted by Gasteiger charge is -2.11. The van der Waals surface area contributed by atoms with E-state index >= 15 is 0 Å². The number of carbonyl (C=O) groups excluding carboxylic acids is 1. The number of esters is 1. The molecule has 0 saturated carbocycles. The van der Waals surface area contributed by atoms with Gasteiger partial charge in [-0.3, -0.25) is 0 Å². The van der Waals surface area contributed by atoms with Gasteiger partial charge in [0.15, 0.2) is 0 Å². The fraction of sp³-hybridized carbons (Fsp3) is 0.263. The van der Waals surface area contributed by atoms with Gasteiger partial charge in [-0.1, -0.05) is 36.4 Å². The van der Waals surface area contributed by atoms with Crippen LogP contribution < -0.4 is 0 Å². The lowest BCUT2D eigenvalue weighted by Crippen LogP contribution is -2.10. The molecule has 3 rings (SSSR count). The van der Waals surface area contributed by atoms with E-state index in [1.54, 1.807) is 20.1 Å². The molecule has 1 heterocycles. The van der Waals surface area contributed by atoms with Gasteiger partial charge in [0.2, 0.25) is 0 Å². The van der Waals surface area contributed by atoms with Crippen molar-refractivity contribution in [3.05, 3.63) is 65.5 Å². The molecule has 0 fully saturated rings. The highest BCUT2D eigenvalue weighted by molar-refractivity contribution is 6.02. The minimum Gasteiger partial charge on any atom is -0.462 e. The van der Waals surface area contributed by atoms with Crippen molar-refractivity contribution in [1.29, 1.82) is 0 Å². The van der Waals surface area contributed by atoms with Crippen LogP contribution >= 0.6 is 0 Å². The number of benzene rings is 2. The number of aromatic nitrogens is 2. The van der Waals surface area contributed by atoms with Crippen molar-refractivity contribution in [2.75, 3.05) is 13.7 Å². The van der Waals surface area contributed by atoms with E-state index in [2.05, 4.69) is 17.1 Å². The van der Waals surface area contributed by atoms with Gasteiger partial charge in [0.25, 0.3) is 0 Å². The van der Waals surface area contributed by atoms with Gasteiger partial charge in [-0.15, -0.1) is 0 Å². The molecule has 0 aliphatic carbocycles. The molecule has 24 heavy (non-hydrogen) atoms. The molecule has 0 saturated heterocycles. The van der Waals surface area contributed by atoms with Gasteiger partial charge in [-0.25, -0.2) is 9.78 Å². The molecule has 5 nitrogen and oxygen atoms in total. The van der Waals surface area contributed by atoms with Crippen LogP contribution in [0, 0.1) is 0 Å². The summed E-state index contributed by atoms with van der Waals surface area (Å²) in [5, 5.41) is 0. The van der Waals surface area contributed by atoms with Gasteiger partial charge in [0, 0.05) is 13.7 Å². The Morgan fingerprint density at radius 1 is 1.12 bits per heavy atom. The Balaban J connectivity index is 2.15. The summed E-state index contributed by atoms with van der Waals surface area (Å²) in [6.07, 6.45) is 0. The first-order chi connectivity index (χ1) is 11.7. The first kappa shape index (κ1) is 16.2. The van der Waals surface area contributed by atoms with Crippen molar-refractivity contribution in [2.45, 2.75) is 20.1 Å². The topological polar surface area (TPSA) is 53.4 Å². The van der Waals surface area contributed by atoms with Crippen molar-refractivity contribution in [3.63, 3.8) is 0 Å². The monoisotopic (exact) mass is 324 g/mol. The summed E-state index contributed by atoms with van der Waals surface area (Å²) in [7, 11) is 1.64. The Morgan fingerprint density at radius 2 is 1.92 bits per heavy atom. The first-order valence-corrected chi connectivity index (χ1v) is 7.92. The Kier molecular flexibility index (Phi) is 4.91. The Labute approximate surface area is 140 Å². The number of nitrogens with zero attached hydrogens (tertiary/aromatic N) is 2. The molecular formula is C19H20N2O3. The molecule has 0 bridgehead atoms. The summed E-state index contributed by atoms with van der Waals surface area (Å²) in [5.41, 5.74) is 3.21. The number of para-hydroxylation sites is 1. The number of rotatable bonds is 6. The Hall–Kier alpha value is -2.66. The Morgan fingerprint density at radius 3 is 2.62 bits per heavy atom. The summed E-state index contributed by atoms with van der Waals surface area (Å²) >= 11 is 0. The number of hydrogen-bond donors (Lipinski definition) is 0. The highest BCUT2D eigenvalue weighted by Crippen LogP contribution is 2.23. The van der Waals surface area contributed by atoms with E-state index in [9.17, 15) is 4.79 Å². The smallest absolute Gasteiger partial charge is 0.340 e. The molecular weight excluding hydrogens is 304 g/mol. The predicted molar refractivity (Wildman–Crippen MR) is 91.9 cm³/mol. The van der Waals surface area contributed by atoms with E-state index in [0.29, 0.717) is 25.3 Å². The van der Waals surface area contributed by atoms with Crippen LogP contribution in [0.4, 0.5) is 0 Å². The molecule has 0 amide bonds. The van der Waals surface area contributed by atoms with Crippen molar-refractivity contribution in [1.82, 2.24) is 9.55 Å². The maximum atomic E-state index is 12.3. The lowest BCUT2D eigenvalue weighted by molar-refractivity contribution is 0.0528. The van der Waals surface area contributed by atoms with Gasteiger partial charge < -0.3 is 14.0 Å². The molecule has 5 heteroatoms. The third-order valence-corrected chi connectivity index (χ3v) is 3.80. The second-order valence-electron chi connectivity index (χ2n) is 5.43. The zero-order valence-electron chi connectivity index (χ0n) is 13.9. The normalized spacial score (nSPS) is 10.9. The van der Waals surface area contributed by atoms with E-state index in [0.717, 1.165) is 22.4 Å². The van der Waals surface area contributed by atoms with Crippen molar-refractivity contribution in [2.24, 2.45) is 0 Å². The number of fused-ring (bicyclic) bond motifs is 1. The highest BCUT2D eigenvalue weighted by atomic mass is 16.5. The van der Waals surface area contributed by atoms with E-state index in [1.807, 2.05) is 34.9 Å². The van der Waals surface area contributed by atoms with Gasteiger partial charge in [-0.05, 0) is 24.6 Å². The van der Waals surface area contributed by atoms with Crippen LogP contribution in [0.5, 0.6) is 0 Å². The number of imidazole rings is 1. The summed E-state index contributed by atoms with van der Waals surface area (Å²) in [6, 6.07) is 15.6. The minimum absolute atomic E-state index is 0.332. The van der Waals surface area contributed by atoms with Gasteiger partial charge in [0.1, 0.15) is 12.4 Å². The molecule has 2 aromatic carbocycles. The zero-order chi connectivity index (χ0) is 16.9. The lowest BCUT2D eigenvalue weighted by atomic mass is 10.1. The van der Waals surface area contributed by atoms with E-state index in [-0.39, 0.29) is 5.97 Å². The fourth-order valence-corrected chi connectivity index (χ4v) is 2.78. The largest absolute Gasteiger partial charge is 0.462 e. The maximum absolute atomic E-state index is 12.3. The molecule has 0 spiro atoms. The average molecular weight is 324 g/mol.